The largest absolute Gasteiger partial charge is 0.388 e. The quantitative estimate of drug-likeness (QED) is 0.648. The van der Waals surface area contributed by atoms with Gasteiger partial charge in [0.05, 0.1) is 19.3 Å². The number of aryl methyl sites for hydroxylation is 1. The number of aliphatic hydroxyl groups is 1. The van der Waals surface area contributed by atoms with Crippen molar-refractivity contribution in [1.29, 1.82) is 0 Å². The minimum Gasteiger partial charge on any atom is -0.388 e. The lowest BCUT2D eigenvalue weighted by molar-refractivity contribution is 0.119. The number of imidazole rings is 1. The van der Waals surface area contributed by atoms with Crippen LogP contribution in [0.3, 0.4) is 0 Å². The van der Waals surface area contributed by atoms with E-state index in [2.05, 4.69) is 4.98 Å². The van der Waals surface area contributed by atoms with E-state index in [1.54, 1.807) is 6.20 Å². The fourth-order valence-corrected chi connectivity index (χ4v) is 1.54. The third kappa shape index (κ3) is 1.13. The van der Waals surface area contributed by atoms with Crippen LogP contribution in [0.25, 0.3) is 0 Å². The predicted molar refractivity (Wildman–Crippen MR) is 42.8 cm³/mol. The number of aromatic nitrogens is 2. The van der Waals surface area contributed by atoms with Crippen LogP contribution < -0.4 is 0 Å². The molecule has 4 heteroatoms. The highest BCUT2D eigenvalue weighted by molar-refractivity contribution is 4.95. The van der Waals surface area contributed by atoms with Crippen LogP contribution in [0.4, 0.5) is 0 Å². The fourth-order valence-electron chi connectivity index (χ4n) is 1.54. The van der Waals surface area contributed by atoms with Crippen LogP contribution in [-0.4, -0.2) is 34.0 Å². The van der Waals surface area contributed by atoms with Crippen molar-refractivity contribution < 1.29 is 9.84 Å². The Hall–Kier alpha value is -0.870. The molecule has 66 valence electrons. The van der Waals surface area contributed by atoms with Crippen molar-refractivity contribution in [1.82, 2.24) is 9.55 Å². The molecule has 2 rings (SSSR count). The third-order valence-corrected chi connectivity index (χ3v) is 2.24. The normalized spacial score (nSPS) is 29.5. The molecule has 0 aliphatic carbocycles. The molecular weight excluding hydrogens is 156 g/mol. The van der Waals surface area contributed by atoms with E-state index < -0.39 is 6.10 Å². The van der Waals surface area contributed by atoms with Crippen LogP contribution in [0.2, 0.25) is 0 Å². The van der Waals surface area contributed by atoms with Gasteiger partial charge >= 0.3 is 0 Å². The van der Waals surface area contributed by atoms with Gasteiger partial charge in [-0.25, -0.2) is 4.98 Å². The molecule has 0 saturated carbocycles. The summed E-state index contributed by atoms with van der Waals surface area (Å²) in [6, 6.07) is 0.0486. The van der Waals surface area contributed by atoms with Gasteiger partial charge in [-0.1, -0.05) is 0 Å². The summed E-state index contributed by atoms with van der Waals surface area (Å²) in [4.78, 5) is 4.09. The van der Waals surface area contributed by atoms with E-state index in [1.807, 2.05) is 17.7 Å². The second-order valence-electron chi connectivity index (χ2n) is 3.05. The van der Waals surface area contributed by atoms with Gasteiger partial charge in [-0.05, 0) is 6.92 Å². The van der Waals surface area contributed by atoms with Crippen molar-refractivity contribution >= 4 is 0 Å². The average Bonchev–Trinajstić information content (AvgIpc) is 2.59. The molecule has 0 radical (unpaired) electrons. The molecule has 1 aliphatic heterocycles. The number of nitrogens with zero attached hydrogens (tertiary/aromatic N) is 2. The number of hydrogen-bond donors (Lipinski definition) is 1. The minimum atomic E-state index is -0.391. The molecule has 1 N–H and O–H groups in total. The number of hydrogen-bond acceptors (Lipinski definition) is 3. The highest BCUT2D eigenvalue weighted by Crippen LogP contribution is 2.20. The monoisotopic (exact) mass is 168 g/mol. The van der Waals surface area contributed by atoms with Crippen molar-refractivity contribution in [2.45, 2.75) is 19.1 Å². The lowest BCUT2D eigenvalue weighted by atomic mass is 10.2. The lowest BCUT2D eigenvalue weighted by Gasteiger charge is -2.15. The highest BCUT2D eigenvalue weighted by Gasteiger charge is 2.28. The topological polar surface area (TPSA) is 47.3 Å². The van der Waals surface area contributed by atoms with Gasteiger partial charge < -0.3 is 14.4 Å². The highest BCUT2D eigenvalue weighted by atomic mass is 16.5. The molecule has 1 saturated heterocycles. The summed E-state index contributed by atoms with van der Waals surface area (Å²) in [6.45, 7) is 2.94. The Labute approximate surface area is 70.8 Å². The molecule has 2 atom stereocenters. The first kappa shape index (κ1) is 7.76. The van der Waals surface area contributed by atoms with Gasteiger partial charge in [0.15, 0.2) is 0 Å². The van der Waals surface area contributed by atoms with Gasteiger partial charge in [-0.2, -0.15) is 0 Å². The standard InChI is InChI=1S/C8H12N2O2/c1-6-9-2-3-10(6)7-4-12-5-8(7)11/h2-3,7-8,11H,4-5H2,1H3/t7-,8-/m1/s1. The Balaban J connectivity index is 2.24. The van der Waals surface area contributed by atoms with Crippen molar-refractivity contribution in [3.8, 4) is 0 Å². The van der Waals surface area contributed by atoms with Gasteiger partial charge in [-0.3, -0.25) is 0 Å². The average molecular weight is 168 g/mol. The second kappa shape index (κ2) is 2.88. The molecule has 1 aromatic rings. The molecule has 0 bridgehead atoms. The molecule has 2 heterocycles. The van der Waals surface area contributed by atoms with Gasteiger partial charge in [-0.15, -0.1) is 0 Å². The van der Waals surface area contributed by atoms with Crippen LogP contribution in [0, 0.1) is 6.92 Å². The summed E-state index contributed by atoms with van der Waals surface area (Å²) in [5, 5.41) is 9.51. The fraction of sp³-hybridized carbons (Fsp3) is 0.625. The Morgan fingerprint density at radius 2 is 2.50 bits per heavy atom. The van der Waals surface area contributed by atoms with E-state index in [-0.39, 0.29) is 6.04 Å². The molecule has 0 amide bonds. The Morgan fingerprint density at radius 3 is 3.00 bits per heavy atom. The molecule has 0 spiro atoms. The smallest absolute Gasteiger partial charge is 0.105 e. The summed E-state index contributed by atoms with van der Waals surface area (Å²) in [7, 11) is 0. The lowest BCUT2D eigenvalue weighted by Crippen LogP contribution is -2.22. The van der Waals surface area contributed by atoms with E-state index in [9.17, 15) is 5.11 Å². The molecule has 12 heavy (non-hydrogen) atoms. The minimum absolute atomic E-state index is 0.0486. The van der Waals surface area contributed by atoms with Crippen molar-refractivity contribution in [2.24, 2.45) is 0 Å². The SMILES string of the molecule is Cc1nccn1[C@@H]1COC[C@H]1O. The maximum absolute atomic E-state index is 9.51. The number of rotatable bonds is 1. The maximum atomic E-state index is 9.51. The summed E-state index contributed by atoms with van der Waals surface area (Å²) in [5.74, 6) is 0.921. The molecule has 0 aromatic carbocycles. The van der Waals surface area contributed by atoms with Crippen molar-refractivity contribution in [2.75, 3.05) is 13.2 Å². The Bertz CT molecular complexity index is 272. The molecular formula is C8H12N2O2. The van der Waals surface area contributed by atoms with Crippen LogP contribution in [0.1, 0.15) is 11.9 Å². The van der Waals surface area contributed by atoms with E-state index in [1.165, 1.54) is 0 Å². The first-order valence-electron chi connectivity index (χ1n) is 4.04. The van der Waals surface area contributed by atoms with Gasteiger partial charge in [0.1, 0.15) is 11.9 Å². The zero-order valence-electron chi connectivity index (χ0n) is 6.97. The summed E-state index contributed by atoms with van der Waals surface area (Å²) in [5.41, 5.74) is 0. The van der Waals surface area contributed by atoms with Crippen LogP contribution >= 0.6 is 0 Å². The van der Waals surface area contributed by atoms with E-state index >= 15 is 0 Å². The van der Waals surface area contributed by atoms with Crippen molar-refractivity contribution in [3.05, 3.63) is 18.2 Å². The number of ether oxygens (including phenoxy) is 1. The summed E-state index contributed by atoms with van der Waals surface area (Å²) >= 11 is 0. The van der Waals surface area contributed by atoms with Gasteiger partial charge in [0.25, 0.3) is 0 Å². The predicted octanol–water partition coefficient (Wildman–Crippen LogP) is 0.124. The van der Waals surface area contributed by atoms with Gasteiger partial charge in [0.2, 0.25) is 0 Å². The zero-order valence-corrected chi connectivity index (χ0v) is 6.97. The van der Waals surface area contributed by atoms with E-state index in [0.29, 0.717) is 13.2 Å². The Morgan fingerprint density at radius 1 is 1.67 bits per heavy atom. The second-order valence-corrected chi connectivity index (χ2v) is 3.05. The van der Waals surface area contributed by atoms with Crippen LogP contribution in [-0.2, 0) is 4.74 Å². The first-order valence-corrected chi connectivity index (χ1v) is 4.04. The molecule has 1 aromatic heterocycles. The summed E-state index contributed by atoms with van der Waals surface area (Å²) < 4.78 is 7.11. The van der Waals surface area contributed by atoms with Crippen molar-refractivity contribution in [3.63, 3.8) is 0 Å². The molecule has 1 aliphatic rings. The first-order chi connectivity index (χ1) is 5.79. The van der Waals surface area contributed by atoms with Crippen LogP contribution in [0.15, 0.2) is 12.4 Å². The maximum Gasteiger partial charge on any atom is 0.105 e. The molecule has 0 unspecified atom stereocenters. The molecule has 4 nitrogen and oxygen atoms in total. The van der Waals surface area contributed by atoms with Crippen LogP contribution in [0.5, 0.6) is 0 Å². The van der Waals surface area contributed by atoms with E-state index in [4.69, 9.17) is 4.74 Å². The van der Waals surface area contributed by atoms with Gasteiger partial charge in [0, 0.05) is 12.4 Å². The zero-order chi connectivity index (χ0) is 8.55. The van der Waals surface area contributed by atoms with E-state index in [0.717, 1.165) is 5.82 Å². The third-order valence-electron chi connectivity index (χ3n) is 2.24. The summed E-state index contributed by atoms with van der Waals surface area (Å²) in [6.07, 6.45) is 3.22. The molecule has 1 fully saturated rings. The number of aliphatic hydroxyl groups excluding tert-OH is 1. The Kier molecular flexibility index (Phi) is 1.86.